The van der Waals surface area contributed by atoms with Crippen molar-refractivity contribution in [2.75, 3.05) is 41.3 Å². The molecule has 1 aliphatic carbocycles. The number of carboxylic acids is 1. The topological polar surface area (TPSA) is 84.4 Å². The third-order valence-corrected chi connectivity index (χ3v) is 6.81. The molecule has 0 spiro atoms. The predicted molar refractivity (Wildman–Crippen MR) is 121 cm³/mol. The molecule has 1 saturated carbocycles. The van der Waals surface area contributed by atoms with Crippen molar-refractivity contribution in [2.45, 2.75) is 77.9 Å². The first-order chi connectivity index (χ1) is 14.2. The lowest BCUT2D eigenvalue weighted by Crippen LogP contribution is -2.56. The molecule has 2 aliphatic rings. The SMILES string of the molecule is CN(C)CC(C)(C)C(=O)N(C1CCC(C)(C)CC1)[C@H]1C[C@@H](C(=O)O)N(C(=O)N(C)C)C1. The number of amides is 3. The van der Waals surface area contributed by atoms with Crippen LogP contribution in [0.1, 0.15) is 59.8 Å². The molecule has 0 bridgehead atoms. The molecule has 1 heterocycles. The Morgan fingerprint density at radius 2 is 1.58 bits per heavy atom. The van der Waals surface area contributed by atoms with E-state index in [9.17, 15) is 19.5 Å². The zero-order valence-electron chi connectivity index (χ0n) is 20.6. The normalized spacial score (nSPS) is 24.4. The molecule has 31 heavy (non-hydrogen) atoms. The molecule has 1 saturated heterocycles. The lowest BCUT2D eigenvalue weighted by atomic mass is 9.74. The molecule has 8 heteroatoms. The number of rotatable bonds is 6. The summed E-state index contributed by atoms with van der Waals surface area (Å²) in [6, 6.07) is -1.44. The summed E-state index contributed by atoms with van der Waals surface area (Å²) in [6.45, 7) is 9.31. The van der Waals surface area contributed by atoms with Crippen LogP contribution in [0.15, 0.2) is 0 Å². The Morgan fingerprint density at radius 3 is 2.03 bits per heavy atom. The van der Waals surface area contributed by atoms with Crippen LogP contribution in [0.4, 0.5) is 4.79 Å². The first-order valence-corrected chi connectivity index (χ1v) is 11.3. The second-order valence-corrected chi connectivity index (χ2v) is 11.3. The van der Waals surface area contributed by atoms with Crippen molar-refractivity contribution >= 4 is 17.9 Å². The van der Waals surface area contributed by atoms with Crippen molar-refractivity contribution in [1.29, 1.82) is 0 Å². The Labute approximate surface area is 187 Å². The van der Waals surface area contributed by atoms with Gasteiger partial charge in [-0.3, -0.25) is 4.79 Å². The van der Waals surface area contributed by atoms with Gasteiger partial charge in [0.1, 0.15) is 6.04 Å². The Hall–Kier alpha value is -1.83. The maximum atomic E-state index is 13.9. The number of hydrogen-bond acceptors (Lipinski definition) is 4. The quantitative estimate of drug-likeness (QED) is 0.689. The number of carbonyl (C=O) groups is 3. The van der Waals surface area contributed by atoms with Gasteiger partial charge in [-0.25, -0.2) is 9.59 Å². The number of carboxylic acid groups (broad SMARTS) is 1. The van der Waals surface area contributed by atoms with E-state index in [0.717, 1.165) is 25.7 Å². The third-order valence-electron chi connectivity index (χ3n) is 6.81. The summed E-state index contributed by atoms with van der Waals surface area (Å²) in [5.41, 5.74) is -0.343. The van der Waals surface area contributed by atoms with Gasteiger partial charge in [-0.15, -0.1) is 0 Å². The summed E-state index contributed by atoms with van der Waals surface area (Å²) >= 11 is 0. The van der Waals surface area contributed by atoms with Gasteiger partial charge in [0.25, 0.3) is 0 Å². The van der Waals surface area contributed by atoms with Crippen molar-refractivity contribution in [2.24, 2.45) is 10.8 Å². The minimum Gasteiger partial charge on any atom is -0.480 e. The molecule has 178 valence electrons. The van der Waals surface area contributed by atoms with Crippen molar-refractivity contribution in [3.05, 3.63) is 0 Å². The van der Waals surface area contributed by atoms with E-state index in [4.69, 9.17) is 0 Å². The average molecular weight is 439 g/mol. The van der Waals surface area contributed by atoms with Crippen LogP contribution in [0.3, 0.4) is 0 Å². The van der Waals surface area contributed by atoms with Crippen LogP contribution in [-0.2, 0) is 9.59 Å². The van der Waals surface area contributed by atoms with Gasteiger partial charge in [0.2, 0.25) is 5.91 Å². The number of hydrogen-bond donors (Lipinski definition) is 1. The minimum atomic E-state index is -1.01. The number of urea groups is 1. The standard InChI is InChI=1S/C23H42N4O4/c1-22(2)11-9-16(10-12-22)27(20(30)23(3,4)15-24(5)6)17-13-18(19(28)29)26(14-17)21(31)25(7)8/h16-18H,9-15H2,1-8H3,(H,28,29)/t17-,18-/m0/s1. The van der Waals surface area contributed by atoms with E-state index in [1.54, 1.807) is 14.1 Å². The zero-order chi connectivity index (χ0) is 23.7. The summed E-state index contributed by atoms with van der Waals surface area (Å²) < 4.78 is 0. The van der Waals surface area contributed by atoms with E-state index < -0.39 is 17.4 Å². The molecule has 8 nitrogen and oxygen atoms in total. The Bertz CT molecular complexity index is 679. The van der Waals surface area contributed by atoms with Gasteiger partial charge < -0.3 is 24.7 Å². The molecule has 0 unspecified atom stereocenters. The first-order valence-electron chi connectivity index (χ1n) is 11.3. The molecular formula is C23H42N4O4. The number of carbonyl (C=O) groups excluding carboxylic acids is 2. The summed E-state index contributed by atoms with van der Waals surface area (Å²) in [4.78, 5) is 45.3. The van der Waals surface area contributed by atoms with Crippen molar-refractivity contribution in [1.82, 2.24) is 19.6 Å². The van der Waals surface area contributed by atoms with E-state index in [2.05, 4.69) is 13.8 Å². The third kappa shape index (κ3) is 5.90. The first kappa shape index (κ1) is 25.4. The van der Waals surface area contributed by atoms with Crippen LogP contribution in [-0.4, -0.2) is 102 Å². The van der Waals surface area contributed by atoms with Crippen LogP contribution in [0.2, 0.25) is 0 Å². The lowest BCUT2D eigenvalue weighted by molar-refractivity contribution is -0.148. The highest BCUT2D eigenvalue weighted by atomic mass is 16.4. The van der Waals surface area contributed by atoms with Gasteiger partial charge in [0.15, 0.2) is 0 Å². The van der Waals surface area contributed by atoms with Crippen LogP contribution < -0.4 is 0 Å². The monoisotopic (exact) mass is 438 g/mol. The Kier molecular flexibility index (Phi) is 7.67. The smallest absolute Gasteiger partial charge is 0.326 e. The van der Waals surface area contributed by atoms with Gasteiger partial charge in [-0.2, -0.15) is 0 Å². The van der Waals surface area contributed by atoms with E-state index in [1.807, 2.05) is 37.7 Å². The largest absolute Gasteiger partial charge is 0.480 e. The van der Waals surface area contributed by atoms with E-state index in [-0.39, 0.29) is 42.4 Å². The Morgan fingerprint density at radius 1 is 1.03 bits per heavy atom. The molecule has 0 aromatic rings. The van der Waals surface area contributed by atoms with Crippen molar-refractivity contribution in [3.8, 4) is 0 Å². The molecule has 1 N–H and O–H groups in total. The molecule has 1 aliphatic heterocycles. The maximum absolute atomic E-state index is 13.9. The molecule has 2 fully saturated rings. The second kappa shape index (κ2) is 9.35. The molecule has 0 aromatic carbocycles. The molecule has 2 rings (SSSR count). The van der Waals surface area contributed by atoms with Crippen LogP contribution in [0.25, 0.3) is 0 Å². The zero-order valence-corrected chi connectivity index (χ0v) is 20.6. The van der Waals surface area contributed by atoms with Gasteiger partial charge in [-0.05, 0) is 59.0 Å². The number of aliphatic carboxylic acids is 1. The van der Waals surface area contributed by atoms with E-state index in [0.29, 0.717) is 6.54 Å². The summed E-state index contributed by atoms with van der Waals surface area (Å²) in [6.07, 6.45) is 4.16. The van der Waals surface area contributed by atoms with Crippen LogP contribution in [0.5, 0.6) is 0 Å². The van der Waals surface area contributed by atoms with Crippen LogP contribution >= 0.6 is 0 Å². The molecule has 0 radical (unpaired) electrons. The summed E-state index contributed by atoms with van der Waals surface area (Å²) in [5, 5.41) is 9.79. The molecule has 2 atom stereocenters. The fraction of sp³-hybridized carbons (Fsp3) is 0.870. The number of likely N-dealkylation sites (tertiary alicyclic amines) is 1. The van der Waals surface area contributed by atoms with Gasteiger partial charge in [-0.1, -0.05) is 13.8 Å². The average Bonchev–Trinajstić information content (AvgIpc) is 3.06. The van der Waals surface area contributed by atoms with Crippen LogP contribution in [0, 0.1) is 10.8 Å². The molecule has 0 aromatic heterocycles. The molecule has 3 amide bonds. The van der Waals surface area contributed by atoms with Gasteiger partial charge >= 0.3 is 12.0 Å². The molecular weight excluding hydrogens is 396 g/mol. The van der Waals surface area contributed by atoms with E-state index >= 15 is 0 Å². The van der Waals surface area contributed by atoms with Gasteiger partial charge in [0.05, 0.1) is 11.5 Å². The van der Waals surface area contributed by atoms with Crippen molar-refractivity contribution in [3.63, 3.8) is 0 Å². The minimum absolute atomic E-state index is 0.0548. The second-order valence-electron chi connectivity index (χ2n) is 11.3. The fourth-order valence-electron chi connectivity index (χ4n) is 5.22. The highest BCUT2D eigenvalue weighted by Gasteiger charge is 2.48. The van der Waals surface area contributed by atoms with E-state index in [1.165, 1.54) is 9.80 Å². The fourth-order valence-corrected chi connectivity index (χ4v) is 5.22. The lowest BCUT2D eigenvalue weighted by Gasteiger charge is -2.45. The maximum Gasteiger partial charge on any atom is 0.326 e. The number of nitrogens with zero attached hydrogens (tertiary/aromatic N) is 4. The van der Waals surface area contributed by atoms with Crippen molar-refractivity contribution < 1.29 is 19.5 Å². The Balaban J connectivity index is 2.37. The van der Waals surface area contributed by atoms with Gasteiger partial charge in [0, 0.05) is 39.6 Å². The predicted octanol–water partition coefficient (Wildman–Crippen LogP) is 2.58. The summed E-state index contributed by atoms with van der Waals surface area (Å²) in [7, 11) is 7.16. The summed E-state index contributed by atoms with van der Waals surface area (Å²) in [5.74, 6) is -0.957. The highest BCUT2D eigenvalue weighted by molar-refractivity contribution is 5.85. The highest BCUT2D eigenvalue weighted by Crippen LogP contribution is 2.40.